The molecule has 1 aliphatic rings. The molecule has 9 heteroatoms. The summed E-state index contributed by atoms with van der Waals surface area (Å²) in [7, 11) is 0. The monoisotopic (exact) mass is 566 g/mol. The maximum atomic E-state index is 12.8. The SMILES string of the molecule is CCN(Cc1cncc(-c2ccc3c(c2)c(-c2nc4ccccc4[nH]2)nn3C2CCCCO2)c1C)C(=O)OC(C)(C)C. The quantitative estimate of drug-likeness (QED) is 0.230. The third-order valence-corrected chi connectivity index (χ3v) is 7.77. The van der Waals surface area contributed by atoms with Gasteiger partial charge in [0.1, 0.15) is 11.3 Å². The highest BCUT2D eigenvalue weighted by Crippen LogP contribution is 2.36. The first-order valence-electron chi connectivity index (χ1n) is 14.7. The van der Waals surface area contributed by atoms with E-state index in [1.807, 2.05) is 69.0 Å². The molecular formula is C33H38N6O3. The van der Waals surface area contributed by atoms with Crippen LogP contribution in [-0.2, 0) is 16.0 Å². The summed E-state index contributed by atoms with van der Waals surface area (Å²) in [5.41, 5.74) is 7.19. The number of carbonyl (C=O) groups is 1. The number of hydrogen-bond acceptors (Lipinski definition) is 6. The minimum absolute atomic E-state index is 0.107. The number of benzene rings is 2. The minimum atomic E-state index is -0.556. The van der Waals surface area contributed by atoms with Crippen LogP contribution in [0.1, 0.15) is 64.3 Å². The van der Waals surface area contributed by atoms with E-state index in [1.165, 1.54) is 0 Å². The normalized spacial score (nSPS) is 15.8. The van der Waals surface area contributed by atoms with Crippen molar-refractivity contribution in [2.24, 2.45) is 0 Å². The number of rotatable bonds is 6. The lowest BCUT2D eigenvalue weighted by Gasteiger charge is -2.27. The van der Waals surface area contributed by atoms with Gasteiger partial charge in [-0.1, -0.05) is 18.2 Å². The first-order chi connectivity index (χ1) is 20.2. The van der Waals surface area contributed by atoms with Gasteiger partial charge in [0.2, 0.25) is 0 Å². The average molecular weight is 567 g/mol. The molecular weight excluding hydrogens is 528 g/mol. The van der Waals surface area contributed by atoms with Gasteiger partial charge in [-0.05, 0) is 94.8 Å². The molecule has 1 unspecified atom stereocenters. The predicted octanol–water partition coefficient (Wildman–Crippen LogP) is 7.41. The lowest BCUT2D eigenvalue weighted by Crippen LogP contribution is -2.36. The zero-order valence-electron chi connectivity index (χ0n) is 25.0. The van der Waals surface area contributed by atoms with Gasteiger partial charge in [0, 0.05) is 36.5 Å². The summed E-state index contributed by atoms with van der Waals surface area (Å²) in [4.78, 5) is 27.4. The Morgan fingerprint density at radius 2 is 2.00 bits per heavy atom. The summed E-state index contributed by atoms with van der Waals surface area (Å²) in [5.74, 6) is 0.729. The van der Waals surface area contributed by atoms with Gasteiger partial charge in [0.05, 0.1) is 23.1 Å². The largest absolute Gasteiger partial charge is 0.444 e. The number of imidazole rings is 1. The fraction of sp³-hybridized carbons (Fsp3) is 0.394. The summed E-state index contributed by atoms with van der Waals surface area (Å²) in [6.07, 6.45) is 6.40. The number of aromatic amines is 1. The van der Waals surface area contributed by atoms with Crippen LogP contribution in [0.4, 0.5) is 4.79 Å². The Kier molecular flexibility index (Phi) is 7.45. The van der Waals surface area contributed by atoms with Crippen molar-refractivity contribution in [3.63, 3.8) is 0 Å². The van der Waals surface area contributed by atoms with E-state index in [1.54, 1.807) is 4.90 Å². The van der Waals surface area contributed by atoms with Crippen LogP contribution in [0.3, 0.4) is 0 Å². The zero-order valence-corrected chi connectivity index (χ0v) is 25.0. The van der Waals surface area contributed by atoms with Gasteiger partial charge in [0.25, 0.3) is 0 Å². The van der Waals surface area contributed by atoms with E-state index in [0.717, 1.165) is 81.6 Å². The van der Waals surface area contributed by atoms with Gasteiger partial charge in [0.15, 0.2) is 12.1 Å². The molecule has 0 saturated carbocycles. The Bertz CT molecular complexity index is 1710. The van der Waals surface area contributed by atoms with E-state index in [2.05, 4.69) is 35.1 Å². The van der Waals surface area contributed by atoms with E-state index in [4.69, 9.17) is 19.6 Å². The molecule has 1 N–H and O–H groups in total. The number of ether oxygens (including phenoxy) is 2. The highest BCUT2D eigenvalue weighted by molar-refractivity contribution is 5.96. The van der Waals surface area contributed by atoms with Crippen molar-refractivity contribution in [2.75, 3.05) is 13.2 Å². The van der Waals surface area contributed by atoms with Gasteiger partial charge in [-0.3, -0.25) is 4.98 Å². The highest BCUT2D eigenvalue weighted by atomic mass is 16.6. The summed E-state index contributed by atoms with van der Waals surface area (Å²) in [5, 5.41) is 6.07. The zero-order chi connectivity index (χ0) is 29.4. The van der Waals surface area contributed by atoms with Gasteiger partial charge < -0.3 is 19.4 Å². The van der Waals surface area contributed by atoms with E-state index in [9.17, 15) is 4.79 Å². The van der Waals surface area contributed by atoms with Crippen molar-refractivity contribution in [1.29, 1.82) is 0 Å². The average Bonchev–Trinajstić information content (AvgIpc) is 3.57. The number of para-hydroxylation sites is 2. The van der Waals surface area contributed by atoms with Crippen LogP contribution in [0.5, 0.6) is 0 Å². The van der Waals surface area contributed by atoms with E-state index < -0.39 is 5.60 Å². The smallest absolute Gasteiger partial charge is 0.410 e. The van der Waals surface area contributed by atoms with Crippen LogP contribution in [0.25, 0.3) is 44.6 Å². The molecule has 4 heterocycles. The topological polar surface area (TPSA) is 98.2 Å². The molecule has 42 heavy (non-hydrogen) atoms. The molecule has 3 aromatic heterocycles. The third-order valence-electron chi connectivity index (χ3n) is 7.77. The second kappa shape index (κ2) is 11.2. The van der Waals surface area contributed by atoms with Gasteiger partial charge in [-0.25, -0.2) is 14.5 Å². The Balaban J connectivity index is 1.41. The third kappa shape index (κ3) is 5.48. The number of amides is 1. The van der Waals surface area contributed by atoms with Crippen LogP contribution in [0, 0.1) is 6.92 Å². The summed E-state index contributed by atoms with van der Waals surface area (Å²) in [6, 6.07) is 14.4. The van der Waals surface area contributed by atoms with Gasteiger partial charge in [-0.2, -0.15) is 5.10 Å². The Labute approximate surface area is 245 Å². The molecule has 218 valence electrons. The number of hydrogen-bond donors (Lipinski definition) is 1. The predicted molar refractivity (Wildman–Crippen MR) is 164 cm³/mol. The highest BCUT2D eigenvalue weighted by Gasteiger charge is 2.25. The molecule has 1 atom stereocenters. The van der Waals surface area contributed by atoms with Crippen molar-refractivity contribution in [3.8, 4) is 22.6 Å². The first kappa shape index (κ1) is 27.9. The Hall–Kier alpha value is -4.24. The Morgan fingerprint density at radius 1 is 1.17 bits per heavy atom. The molecule has 1 aliphatic heterocycles. The fourth-order valence-corrected chi connectivity index (χ4v) is 5.54. The molecule has 0 aliphatic carbocycles. The number of carbonyl (C=O) groups excluding carboxylic acids is 1. The number of pyridine rings is 1. The number of H-pyrrole nitrogens is 1. The molecule has 6 rings (SSSR count). The van der Waals surface area contributed by atoms with Crippen LogP contribution >= 0.6 is 0 Å². The summed E-state index contributed by atoms with van der Waals surface area (Å²) < 4.78 is 13.8. The minimum Gasteiger partial charge on any atom is -0.444 e. The van der Waals surface area contributed by atoms with Crippen LogP contribution in [0.2, 0.25) is 0 Å². The molecule has 2 aromatic carbocycles. The molecule has 0 spiro atoms. The van der Waals surface area contributed by atoms with Crippen molar-refractivity contribution in [3.05, 3.63) is 66.0 Å². The summed E-state index contributed by atoms with van der Waals surface area (Å²) in [6.45, 7) is 11.4. The standard InChI is InChI=1S/C33H38N6O3/c1-6-38(32(40)42-33(3,4)5)20-23-18-34-19-25(21(23)2)22-14-15-28-24(17-22)30(37-39(28)29-13-9-10-16-41-29)31-35-26-11-7-8-12-27(26)36-31/h7-8,11-12,14-15,17-19,29H,6,9-10,13,16,20H2,1-5H3,(H,35,36). The second-order valence-corrected chi connectivity index (χ2v) is 11.9. The molecule has 1 fully saturated rings. The summed E-state index contributed by atoms with van der Waals surface area (Å²) >= 11 is 0. The number of nitrogens with zero attached hydrogens (tertiary/aromatic N) is 5. The first-order valence-corrected chi connectivity index (χ1v) is 14.7. The Morgan fingerprint density at radius 3 is 2.74 bits per heavy atom. The number of fused-ring (bicyclic) bond motifs is 2. The lowest BCUT2D eigenvalue weighted by molar-refractivity contribution is -0.0365. The van der Waals surface area contributed by atoms with Crippen molar-refractivity contribution < 1.29 is 14.3 Å². The van der Waals surface area contributed by atoms with Crippen molar-refractivity contribution in [2.45, 2.75) is 72.3 Å². The van der Waals surface area contributed by atoms with Crippen LogP contribution in [-0.4, -0.2) is 54.5 Å². The van der Waals surface area contributed by atoms with E-state index in [0.29, 0.717) is 13.1 Å². The number of nitrogens with one attached hydrogen (secondary N) is 1. The second-order valence-electron chi connectivity index (χ2n) is 11.9. The van der Waals surface area contributed by atoms with Gasteiger partial charge in [-0.15, -0.1) is 0 Å². The van der Waals surface area contributed by atoms with Gasteiger partial charge >= 0.3 is 6.09 Å². The van der Waals surface area contributed by atoms with Crippen molar-refractivity contribution >= 4 is 28.0 Å². The molecule has 1 amide bonds. The lowest BCUT2D eigenvalue weighted by atomic mass is 9.97. The molecule has 1 saturated heterocycles. The van der Waals surface area contributed by atoms with E-state index in [-0.39, 0.29) is 12.3 Å². The van der Waals surface area contributed by atoms with Crippen LogP contribution in [0.15, 0.2) is 54.9 Å². The number of aromatic nitrogens is 5. The van der Waals surface area contributed by atoms with Crippen molar-refractivity contribution in [1.82, 2.24) is 29.6 Å². The maximum absolute atomic E-state index is 12.8. The van der Waals surface area contributed by atoms with E-state index >= 15 is 0 Å². The van der Waals surface area contributed by atoms with Crippen LogP contribution < -0.4 is 0 Å². The molecule has 5 aromatic rings. The molecule has 9 nitrogen and oxygen atoms in total. The fourth-order valence-electron chi connectivity index (χ4n) is 5.54. The molecule has 0 radical (unpaired) electrons. The maximum Gasteiger partial charge on any atom is 0.410 e. The molecule has 0 bridgehead atoms.